The zero-order chi connectivity index (χ0) is 22.0. The van der Waals surface area contributed by atoms with Crippen molar-refractivity contribution in [2.24, 2.45) is 34.5 Å². The quantitative estimate of drug-likeness (QED) is 0.563. The van der Waals surface area contributed by atoms with Crippen molar-refractivity contribution in [3.63, 3.8) is 0 Å². The van der Waals surface area contributed by atoms with E-state index in [9.17, 15) is 13.2 Å². The number of benzene rings is 1. The number of rotatable bonds is 3. The number of carbonyl (C=O) groups excluding carboxylic acids is 1. The second kappa shape index (κ2) is 7.41. The van der Waals surface area contributed by atoms with Gasteiger partial charge in [-0.2, -0.15) is 8.42 Å². The fourth-order valence-electron chi connectivity index (χ4n) is 8.02. The SMILES string of the molecule is Cc1ccc(S(=O)(=O)O[C@H]2CC[C@@]3(C)[C@@H](CC[C@H]4[C@H]3CC[C@]3(C)C(=O)CC[C@H]43)C2)cc1. The second-order valence-electron chi connectivity index (χ2n) is 11.3. The summed E-state index contributed by atoms with van der Waals surface area (Å²) in [5, 5.41) is 0. The van der Waals surface area contributed by atoms with Crippen molar-refractivity contribution in [2.45, 2.75) is 89.6 Å². The number of Topliss-reactive ketones (excluding diaryl/α,β-unsaturated/α-hetero) is 1. The van der Waals surface area contributed by atoms with Crippen LogP contribution >= 0.6 is 0 Å². The van der Waals surface area contributed by atoms with Crippen molar-refractivity contribution < 1.29 is 17.4 Å². The molecule has 4 fully saturated rings. The van der Waals surface area contributed by atoms with Gasteiger partial charge in [0.1, 0.15) is 5.78 Å². The van der Waals surface area contributed by atoms with Gasteiger partial charge in [-0.3, -0.25) is 8.98 Å². The third kappa shape index (κ3) is 3.42. The third-order valence-corrected chi connectivity index (χ3v) is 11.3. The Morgan fingerprint density at radius 1 is 0.935 bits per heavy atom. The van der Waals surface area contributed by atoms with E-state index in [2.05, 4.69) is 13.8 Å². The number of aryl methyl sites for hydroxylation is 1. The van der Waals surface area contributed by atoms with Crippen molar-refractivity contribution in [2.75, 3.05) is 0 Å². The zero-order valence-corrected chi connectivity index (χ0v) is 19.9. The molecule has 0 bridgehead atoms. The van der Waals surface area contributed by atoms with Gasteiger partial charge in [0.05, 0.1) is 11.0 Å². The fourth-order valence-corrected chi connectivity index (χ4v) is 9.13. The van der Waals surface area contributed by atoms with Gasteiger partial charge in [0.2, 0.25) is 0 Å². The molecule has 4 aliphatic carbocycles. The molecule has 31 heavy (non-hydrogen) atoms. The van der Waals surface area contributed by atoms with E-state index in [1.165, 1.54) is 6.42 Å². The molecule has 0 unspecified atom stereocenters. The van der Waals surface area contributed by atoms with Crippen LogP contribution in [-0.4, -0.2) is 20.3 Å². The fraction of sp³-hybridized carbons (Fsp3) is 0.731. The van der Waals surface area contributed by atoms with E-state index in [1.54, 1.807) is 12.1 Å². The molecular weight excluding hydrogens is 408 g/mol. The van der Waals surface area contributed by atoms with Crippen molar-refractivity contribution in [1.82, 2.24) is 0 Å². The molecule has 4 aliphatic rings. The van der Waals surface area contributed by atoms with E-state index in [0.29, 0.717) is 29.5 Å². The summed E-state index contributed by atoms with van der Waals surface area (Å²) in [4.78, 5) is 12.9. The van der Waals surface area contributed by atoms with Crippen LogP contribution in [0.1, 0.15) is 77.2 Å². The van der Waals surface area contributed by atoms with E-state index in [-0.39, 0.29) is 21.8 Å². The molecule has 0 radical (unpaired) electrons. The molecule has 4 saturated carbocycles. The summed E-state index contributed by atoms with van der Waals surface area (Å²) in [6.07, 6.45) is 8.85. The molecule has 0 amide bonds. The second-order valence-corrected chi connectivity index (χ2v) is 12.9. The summed E-state index contributed by atoms with van der Waals surface area (Å²) in [5.74, 6) is 2.92. The Hall–Kier alpha value is -1.20. The highest BCUT2D eigenvalue weighted by Gasteiger charge is 2.60. The molecule has 1 aromatic carbocycles. The van der Waals surface area contributed by atoms with Gasteiger partial charge in [0.15, 0.2) is 0 Å². The van der Waals surface area contributed by atoms with E-state index in [4.69, 9.17) is 4.18 Å². The Morgan fingerprint density at radius 3 is 2.42 bits per heavy atom. The molecule has 5 heteroatoms. The van der Waals surface area contributed by atoms with Crippen LogP contribution in [0.2, 0.25) is 0 Å². The summed E-state index contributed by atoms with van der Waals surface area (Å²) in [6.45, 7) is 6.64. The molecule has 170 valence electrons. The predicted molar refractivity (Wildman–Crippen MR) is 120 cm³/mol. The minimum absolute atomic E-state index is 0.0766. The molecule has 0 aromatic heterocycles. The minimum Gasteiger partial charge on any atom is -0.299 e. The summed E-state index contributed by atoms with van der Waals surface area (Å²) in [5.41, 5.74) is 1.22. The topological polar surface area (TPSA) is 60.4 Å². The molecule has 0 heterocycles. The minimum atomic E-state index is -3.72. The molecule has 0 aliphatic heterocycles. The Kier molecular flexibility index (Phi) is 5.17. The maximum absolute atomic E-state index is 12.8. The van der Waals surface area contributed by atoms with Gasteiger partial charge in [0.25, 0.3) is 10.1 Å². The van der Waals surface area contributed by atoms with Crippen molar-refractivity contribution in [1.29, 1.82) is 0 Å². The summed E-state index contributed by atoms with van der Waals surface area (Å²) in [6, 6.07) is 6.93. The average molecular weight is 445 g/mol. The van der Waals surface area contributed by atoms with Gasteiger partial charge in [-0.05, 0) is 99.5 Å². The van der Waals surface area contributed by atoms with Crippen LogP contribution in [0.5, 0.6) is 0 Å². The number of fused-ring (bicyclic) bond motifs is 5. The van der Waals surface area contributed by atoms with Gasteiger partial charge in [-0.25, -0.2) is 0 Å². The predicted octanol–water partition coefficient (Wildman–Crippen LogP) is 5.68. The molecule has 7 atom stereocenters. The first-order valence-electron chi connectivity index (χ1n) is 12.2. The number of ketones is 1. The molecule has 0 saturated heterocycles. The van der Waals surface area contributed by atoms with Crippen LogP contribution in [0, 0.1) is 41.4 Å². The molecule has 1 aromatic rings. The first-order chi connectivity index (χ1) is 14.6. The van der Waals surface area contributed by atoms with E-state index < -0.39 is 10.1 Å². The molecule has 5 rings (SSSR count). The molecular formula is C26H36O4S. The Morgan fingerprint density at radius 2 is 1.68 bits per heavy atom. The lowest BCUT2D eigenvalue weighted by Crippen LogP contribution is -2.54. The van der Waals surface area contributed by atoms with Crippen molar-refractivity contribution in [3.05, 3.63) is 29.8 Å². The molecule has 4 nitrogen and oxygen atoms in total. The van der Waals surface area contributed by atoms with Gasteiger partial charge >= 0.3 is 0 Å². The van der Waals surface area contributed by atoms with E-state index in [1.807, 2.05) is 19.1 Å². The summed E-state index contributed by atoms with van der Waals surface area (Å²) in [7, 11) is -3.72. The average Bonchev–Trinajstić information content (AvgIpc) is 3.03. The monoisotopic (exact) mass is 444 g/mol. The lowest BCUT2D eigenvalue weighted by Gasteiger charge is -2.60. The normalized spacial score (nSPS) is 42.5. The van der Waals surface area contributed by atoms with Gasteiger partial charge < -0.3 is 0 Å². The summed E-state index contributed by atoms with van der Waals surface area (Å²) >= 11 is 0. The molecule has 0 spiro atoms. The van der Waals surface area contributed by atoms with Gasteiger partial charge in [-0.15, -0.1) is 0 Å². The van der Waals surface area contributed by atoms with Crippen LogP contribution in [0.25, 0.3) is 0 Å². The lowest BCUT2D eigenvalue weighted by atomic mass is 9.45. The highest BCUT2D eigenvalue weighted by atomic mass is 32.2. The molecule has 0 N–H and O–H groups in total. The van der Waals surface area contributed by atoms with Gasteiger partial charge in [-0.1, -0.05) is 31.5 Å². The standard InChI is InChI=1S/C26H36O4S/c1-17-4-7-20(8-5-17)31(28,29)30-19-12-14-25(2)18(16-19)6-9-21-22-10-11-24(27)26(22,3)15-13-23(21)25/h4-5,7-8,18-19,21-23H,6,9-16H2,1-3H3/t18-,19-,21+,22+,23+,25-,26-/m0/s1. The van der Waals surface area contributed by atoms with Crippen LogP contribution in [-0.2, 0) is 19.1 Å². The Labute approximate surface area is 187 Å². The highest BCUT2D eigenvalue weighted by molar-refractivity contribution is 7.86. The van der Waals surface area contributed by atoms with E-state index >= 15 is 0 Å². The van der Waals surface area contributed by atoms with Crippen LogP contribution in [0.3, 0.4) is 0 Å². The Balaban J connectivity index is 1.30. The largest absolute Gasteiger partial charge is 0.299 e. The smallest absolute Gasteiger partial charge is 0.297 e. The van der Waals surface area contributed by atoms with Crippen molar-refractivity contribution >= 4 is 15.9 Å². The highest BCUT2D eigenvalue weighted by Crippen LogP contribution is 2.65. The summed E-state index contributed by atoms with van der Waals surface area (Å²) < 4.78 is 31.4. The van der Waals surface area contributed by atoms with Crippen molar-refractivity contribution in [3.8, 4) is 0 Å². The van der Waals surface area contributed by atoms with E-state index in [0.717, 1.165) is 56.9 Å². The number of hydrogen-bond donors (Lipinski definition) is 0. The maximum atomic E-state index is 12.8. The first-order valence-corrected chi connectivity index (χ1v) is 13.6. The zero-order valence-electron chi connectivity index (χ0n) is 19.1. The maximum Gasteiger partial charge on any atom is 0.297 e. The first kappa shape index (κ1) is 21.6. The number of carbonyl (C=O) groups is 1. The third-order valence-electron chi connectivity index (χ3n) is 9.90. The number of hydrogen-bond acceptors (Lipinski definition) is 4. The van der Waals surface area contributed by atoms with Crippen LogP contribution < -0.4 is 0 Å². The Bertz CT molecular complexity index is 968. The van der Waals surface area contributed by atoms with Gasteiger partial charge in [0, 0.05) is 11.8 Å². The van der Waals surface area contributed by atoms with Crippen LogP contribution in [0.4, 0.5) is 0 Å². The lowest BCUT2D eigenvalue weighted by molar-refractivity contribution is -0.141. The van der Waals surface area contributed by atoms with Crippen LogP contribution in [0.15, 0.2) is 29.2 Å².